The molecule has 2 aromatic carbocycles. The predicted octanol–water partition coefficient (Wildman–Crippen LogP) is 4.15. The van der Waals surface area contributed by atoms with Gasteiger partial charge in [0.2, 0.25) is 0 Å². The lowest BCUT2D eigenvalue weighted by atomic mass is 10.1. The Morgan fingerprint density at radius 3 is 2.63 bits per heavy atom. The average molecular weight is 402 g/mol. The van der Waals surface area contributed by atoms with Gasteiger partial charge < -0.3 is 15.4 Å². The van der Waals surface area contributed by atoms with E-state index in [4.69, 9.17) is 4.74 Å². The molecule has 0 radical (unpaired) electrons. The number of aromatic nitrogens is 1. The number of anilines is 1. The van der Waals surface area contributed by atoms with Crippen molar-refractivity contribution in [1.29, 1.82) is 0 Å². The highest BCUT2D eigenvalue weighted by molar-refractivity contribution is 7.13. The molecule has 2 N–H and O–H groups in total. The number of carbonyl (C=O) groups excluding carboxylic acids is 1. The molecule has 7 heteroatoms. The molecule has 1 amide bonds. The number of nitrogens with one attached hydrogen (secondary N) is 2. The highest BCUT2D eigenvalue weighted by Gasteiger charge is 2.16. The molecule has 1 aliphatic rings. The largest absolute Gasteiger partial charge is 0.371 e. The van der Waals surface area contributed by atoms with Gasteiger partial charge in [0.1, 0.15) is 10.7 Å². The number of rotatable bonds is 4. The van der Waals surface area contributed by atoms with Crippen LogP contribution in [0, 0.1) is 0 Å². The minimum Gasteiger partial charge on any atom is -0.371 e. The van der Waals surface area contributed by atoms with Crippen LogP contribution in [0.5, 0.6) is 0 Å². The van der Waals surface area contributed by atoms with E-state index in [1.807, 2.05) is 54.6 Å². The quantitative estimate of drug-likeness (QED) is 0.689. The Hall–Kier alpha value is -2.25. The molecule has 2 heterocycles. The Labute approximate surface area is 168 Å². The summed E-state index contributed by atoms with van der Waals surface area (Å²) in [6, 6.07) is 17.6. The van der Waals surface area contributed by atoms with Gasteiger partial charge in [0.15, 0.2) is 0 Å². The number of hydrogen-bond acceptors (Lipinski definition) is 5. The second kappa shape index (κ2) is 9.10. The summed E-state index contributed by atoms with van der Waals surface area (Å²) in [6.45, 7) is 2.42. The van der Waals surface area contributed by atoms with Gasteiger partial charge in [-0.25, -0.2) is 4.98 Å². The Bertz CT molecular complexity index is 878. The maximum atomic E-state index is 12.4. The molecule has 0 unspecified atom stereocenters. The normalized spacial score (nSPS) is 16.4. The van der Waals surface area contributed by atoms with Gasteiger partial charge in [-0.05, 0) is 17.7 Å². The summed E-state index contributed by atoms with van der Waals surface area (Å²) in [6.07, 6.45) is 0.0699. The van der Waals surface area contributed by atoms with E-state index >= 15 is 0 Å². The second-order valence-electron chi connectivity index (χ2n) is 6.04. The van der Waals surface area contributed by atoms with Crippen molar-refractivity contribution >= 4 is 35.3 Å². The molecule has 4 rings (SSSR count). The minimum absolute atomic E-state index is 0. The van der Waals surface area contributed by atoms with Crippen LogP contribution in [0.25, 0.3) is 10.6 Å². The number of halogens is 1. The highest BCUT2D eigenvalue weighted by Crippen LogP contribution is 2.24. The molecule has 0 spiro atoms. The molecule has 1 aromatic heterocycles. The fourth-order valence-corrected chi connectivity index (χ4v) is 3.65. The Morgan fingerprint density at radius 2 is 1.93 bits per heavy atom. The van der Waals surface area contributed by atoms with E-state index in [1.54, 1.807) is 5.38 Å². The molecule has 1 aliphatic heterocycles. The summed E-state index contributed by atoms with van der Waals surface area (Å²) in [5.74, 6) is -0.202. The van der Waals surface area contributed by atoms with Gasteiger partial charge in [-0.15, -0.1) is 23.7 Å². The lowest BCUT2D eigenvalue weighted by Gasteiger charge is -2.24. The van der Waals surface area contributed by atoms with Crippen LogP contribution in [-0.2, 0) is 4.74 Å². The Morgan fingerprint density at radius 1 is 1.15 bits per heavy atom. The van der Waals surface area contributed by atoms with Crippen LogP contribution in [0.3, 0.4) is 0 Å². The molecule has 1 atom stereocenters. The molecular formula is C20H20ClN3O2S. The highest BCUT2D eigenvalue weighted by atomic mass is 35.5. The molecule has 140 valence electrons. The van der Waals surface area contributed by atoms with Crippen molar-refractivity contribution in [2.45, 2.75) is 6.10 Å². The van der Waals surface area contributed by atoms with Gasteiger partial charge in [0.25, 0.3) is 5.91 Å². The van der Waals surface area contributed by atoms with E-state index in [2.05, 4.69) is 15.6 Å². The van der Waals surface area contributed by atoms with Crippen LogP contribution >= 0.6 is 23.7 Å². The second-order valence-corrected chi connectivity index (χ2v) is 6.90. The van der Waals surface area contributed by atoms with E-state index in [9.17, 15) is 4.79 Å². The van der Waals surface area contributed by atoms with Gasteiger partial charge in [0, 0.05) is 29.7 Å². The number of ether oxygens (including phenoxy) is 1. The van der Waals surface area contributed by atoms with Crippen LogP contribution < -0.4 is 10.6 Å². The molecule has 27 heavy (non-hydrogen) atoms. The van der Waals surface area contributed by atoms with Crippen molar-refractivity contribution < 1.29 is 9.53 Å². The van der Waals surface area contributed by atoms with Crippen LogP contribution in [0.2, 0.25) is 0 Å². The average Bonchev–Trinajstić information content (AvgIpc) is 3.20. The van der Waals surface area contributed by atoms with Gasteiger partial charge in [0.05, 0.1) is 12.7 Å². The van der Waals surface area contributed by atoms with Crippen LogP contribution in [-0.4, -0.2) is 30.6 Å². The lowest BCUT2D eigenvalue weighted by molar-refractivity contribution is 0.0277. The molecule has 5 nitrogen and oxygen atoms in total. The maximum absolute atomic E-state index is 12.4. The third kappa shape index (κ3) is 4.73. The summed E-state index contributed by atoms with van der Waals surface area (Å²) in [7, 11) is 0. The van der Waals surface area contributed by atoms with E-state index in [1.165, 1.54) is 11.3 Å². The summed E-state index contributed by atoms with van der Waals surface area (Å²) < 4.78 is 5.74. The van der Waals surface area contributed by atoms with Crippen LogP contribution in [0.15, 0.2) is 60.0 Å². The monoisotopic (exact) mass is 401 g/mol. The predicted molar refractivity (Wildman–Crippen MR) is 111 cm³/mol. The summed E-state index contributed by atoms with van der Waals surface area (Å²) >= 11 is 1.47. The minimum atomic E-state index is -0.202. The third-order valence-corrected chi connectivity index (χ3v) is 5.12. The molecular weight excluding hydrogens is 382 g/mol. The number of benzene rings is 2. The number of carbonyl (C=O) groups is 1. The van der Waals surface area contributed by atoms with E-state index < -0.39 is 0 Å². The number of thiazole rings is 1. The number of nitrogens with zero attached hydrogens (tertiary/aromatic N) is 1. The first kappa shape index (κ1) is 19.5. The molecule has 3 aromatic rings. The molecule has 0 saturated carbocycles. The van der Waals surface area contributed by atoms with Crippen LogP contribution in [0.4, 0.5) is 5.69 Å². The van der Waals surface area contributed by atoms with Gasteiger partial charge in [-0.2, -0.15) is 0 Å². The topological polar surface area (TPSA) is 63.2 Å². The summed E-state index contributed by atoms with van der Waals surface area (Å²) in [4.78, 5) is 16.9. The first-order valence-corrected chi connectivity index (χ1v) is 9.42. The van der Waals surface area contributed by atoms with Crippen molar-refractivity contribution in [1.82, 2.24) is 10.3 Å². The zero-order chi connectivity index (χ0) is 17.8. The SMILES string of the molecule is Cl.O=C(Nc1ccc([C@@H]2CNCCO2)cc1)c1csc(-c2ccccc2)n1. The number of amides is 1. The summed E-state index contributed by atoms with van der Waals surface area (Å²) in [5, 5.41) is 8.84. The third-order valence-electron chi connectivity index (χ3n) is 4.23. The molecule has 0 bridgehead atoms. The molecule has 0 aliphatic carbocycles. The maximum Gasteiger partial charge on any atom is 0.275 e. The Balaban J connectivity index is 0.00000210. The van der Waals surface area contributed by atoms with Crippen molar-refractivity contribution in [2.24, 2.45) is 0 Å². The first-order valence-electron chi connectivity index (χ1n) is 8.54. The number of morpholine rings is 1. The van der Waals surface area contributed by atoms with Gasteiger partial charge >= 0.3 is 0 Å². The Kier molecular flexibility index (Phi) is 6.58. The van der Waals surface area contributed by atoms with Crippen molar-refractivity contribution in [3.63, 3.8) is 0 Å². The van der Waals surface area contributed by atoms with E-state index in [-0.39, 0.29) is 24.4 Å². The number of hydrogen-bond donors (Lipinski definition) is 2. The molecule has 1 fully saturated rings. The first-order chi connectivity index (χ1) is 12.8. The standard InChI is InChI=1S/C20H19N3O2S.ClH/c24-19(17-13-26-20(23-17)15-4-2-1-3-5-15)22-16-8-6-14(7-9-16)18-12-21-10-11-25-18;/h1-9,13,18,21H,10-12H2,(H,22,24);1H/t18-;/m0./s1. The lowest BCUT2D eigenvalue weighted by Crippen LogP contribution is -2.33. The van der Waals surface area contributed by atoms with E-state index in [0.717, 1.165) is 41.5 Å². The fourth-order valence-electron chi connectivity index (χ4n) is 2.85. The van der Waals surface area contributed by atoms with Crippen molar-refractivity contribution in [3.05, 3.63) is 71.2 Å². The molecule has 1 saturated heterocycles. The van der Waals surface area contributed by atoms with Crippen LogP contribution in [0.1, 0.15) is 22.2 Å². The van der Waals surface area contributed by atoms with Crippen molar-refractivity contribution in [2.75, 3.05) is 25.0 Å². The van der Waals surface area contributed by atoms with Gasteiger partial charge in [-0.3, -0.25) is 4.79 Å². The summed E-state index contributed by atoms with van der Waals surface area (Å²) in [5.41, 5.74) is 3.30. The van der Waals surface area contributed by atoms with Crippen molar-refractivity contribution in [3.8, 4) is 10.6 Å². The van der Waals surface area contributed by atoms with E-state index in [0.29, 0.717) is 5.69 Å². The zero-order valence-corrected chi connectivity index (χ0v) is 16.2. The van der Waals surface area contributed by atoms with Gasteiger partial charge in [-0.1, -0.05) is 42.5 Å². The zero-order valence-electron chi connectivity index (χ0n) is 14.6. The smallest absolute Gasteiger partial charge is 0.275 e. The fraction of sp³-hybridized carbons (Fsp3) is 0.200.